The zero-order valence-electron chi connectivity index (χ0n) is 31.2. The van der Waals surface area contributed by atoms with Gasteiger partial charge in [0.05, 0.1) is 9.79 Å². The zero-order chi connectivity index (χ0) is 38.6. The maximum Gasteiger partial charge on any atom is 2.00 e. The van der Waals surface area contributed by atoms with Crippen LogP contribution in [0.25, 0.3) is 64.6 Å². The van der Waals surface area contributed by atoms with Crippen LogP contribution in [0.5, 0.6) is 0 Å². The van der Waals surface area contributed by atoms with Crippen molar-refractivity contribution in [2.45, 2.75) is 36.7 Å². The first kappa shape index (κ1) is 38.5. The summed E-state index contributed by atoms with van der Waals surface area (Å²) in [4.78, 5) is 0.576. The molecule has 285 valence electrons. The molecule has 0 heterocycles. The van der Waals surface area contributed by atoms with Crippen molar-refractivity contribution in [2.75, 3.05) is 0 Å². The van der Waals surface area contributed by atoms with Crippen LogP contribution in [0.15, 0.2) is 168 Å². The van der Waals surface area contributed by atoms with Gasteiger partial charge in [0.25, 0.3) is 0 Å². The van der Waals surface area contributed by atoms with Gasteiger partial charge in [-0.25, -0.2) is 26.3 Å². The predicted molar refractivity (Wildman–Crippen MR) is 231 cm³/mol. The second-order valence-corrected chi connectivity index (χ2v) is 18.0. The first-order chi connectivity index (χ1) is 27.1. The van der Waals surface area contributed by atoms with Crippen molar-refractivity contribution in [3.8, 4) is 0 Å². The van der Waals surface area contributed by atoms with Crippen LogP contribution in [0.1, 0.15) is 22.3 Å². The average Bonchev–Trinajstić information content (AvgIpc) is 3.21. The van der Waals surface area contributed by atoms with E-state index in [0.717, 1.165) is 33.0 Å². The number of nitrogens with one attached hydrogen (secondary N) is 2. The smallest absolute Gasteiger partial charge is 0.207 e. The Kier molecular flexibility index (Phi) is 10.2. The SMILES string of the molecule is Cc1ccc(S(=O)(=O)NCc2ccc3ccc4cccc5ccc2c3c45)cc1.Cc1ccc(S(=O)(=O)NCc2ccc3ccc4cccc5ccc2c3c45)cc1.[Cu+2]. The molecule has 1 radical (unpaired) electrons. The second kappa shape index (κ2) is 15.2. The Labute approximate surface area is 342 Å². The van der Waals surface area contributed by atoms with E-state index < -0.39 is 20.0 Å². The summed E-state index contributed by atoms with van der Waals surface area (Å²) >= 11 is 0. The first-order valence-electron chi connectivity index (χ1n) is 18.5. The number of hydrogen-bond donors (Lipinski definition) is 2. The quantitative estimate of drug-likeness (QED) is 0.118. The van der Waals surface area contributed by atoms with Gasteiger partial charge in [0.15, 0.2) is 0 Å². The Balaban J connectivity index is 0.000000157. The van der Waals surface area contributed by atoms with Crippen LogP contribution >= 0.6 is 0 Å². The van der Waals surface area contributed by atoms with Crippen molar-refractivity contribution in [3.05, 3.63) is 180 Å². The molecule has 0 saturated carbocycles. The largest absolute Gasteiger partial charge is 2.00 e. The van der Waals surface area contributed by atoms with Crippen molar-refractivity contribution in [3.63, 3.8) is 0 Å². The standard InChI is InChI=1S/2C24H19NO2S.Cu/c2*1-16-5-12-21(13-6-16)28(26,27)25-15-20-10-9-19-8-7-17-3-2-4-18-11-14-22(20)24(19)23(17)18;/h2*2-14,25H,15H2,1H3;/q;;+2. The summed E-state index contributed by atoms with van der Waals surface area (Å²) in [5.74, 6) is 0. The number of aryl methyl sites for hydroxylation is 2. The fourth-order valence-corrected chi connectivity index (χ4v) is 9.86. The molecule has 10 rings (SSSR count). The fraction of sp³-hybridized carbons (Fsp3) is 0.0833. The van der Waals surface area contributed by atoms with Crippen LogP contribution in [0, 0.1) is 13.8 Å². The van der Waals surface area contributed by atoms with Gasteiger partial charge in [0.2, 0.25) is 20.0 Å². The molecule has 0 aliphatic rings. The van der Waals surface area contributed by atoms with E-state index in [1.165, 1.54) is 53.9 Å². The summed E-state index contributed by atoms with van der Waals surface area (Å²) in [6, 6.07) is 51.6. The van der Waals surface area contributed by atoms with E-state index in [4.69, 9.17) is 0 Å². The summed E-state index contributed by atoms with van der Waals surface area (Å²) in [5.41, 5.74) is 4.01. The van der Waals surface area contributed by atoms with Crippen LogP contribution in [0.2, 0.25) is 0 Å². The maximum absolute atomic E-state index is 12.7. The molecule has 0 aromatic heterocycles. The molecule has 0 aliphatic heterocycles. The predicted octanol–water partition coefficient (Wildman–Crippen LogP) is 10.7. The fourth-order valence-electron chi connectivity index (χ4n) is 7.85. The third-order valence-corrected chi connectivity index (χ3v) is 13.6. The van der Waals surface area contributed by atoms with E-state index >= 15 is 0 Å². The molecular weight excluding hydrogens is 796 g/mol. The van der Waals surface area contributed by atoms with Crippen LogP contribution in [0.3, 0.4) is 0 Å². The molecule has 0 atom stereocenters. The third-order valence-electron chi connectivity index (χ3n) is 10.8. The van der Waals surface area contributed by atoms with Crippen molar-refractivity contribution in [1.29, 1.82) is 0 Å². The molecule has 2 N–H and O–H groups in total. The van der Waals surface area contributed by atoms with Gasteiger partial charge < -0.3 is 0 Å². The van der Waals surface area contributed by atoms with E-state index in [1.807, 2.05) is 50.2 Å². The zero-order valence-corrected chi connectivity index (χ0v) is 33.8. The summed E-state index contributed by atoms with van der Waals surface area (Å²) in [7, 11) is -7.11. The maximum atomic E-state index is 12.7. The summed E-state index contributed by atoms with van der Waals surface area (Å²) < 4.78 is 56.2. The Morgan fingerprint density at radius 2 is 0.667 bits per heavy atom. The Bertz CT molecular complexity index is 3040. The molecular formula is C48H38CuN2O4S2+2. The molecule has 0 unspecified atom stereocenters. The van der Waals surface area contributed by atoms with E-state index in [9.17, 15) is 16.8 Å². The average molecular weight is 835 g/mol. The molecule has 57 heavy (non-hydrogen) atoms. The van der Waals surface area contributed by atoms with Crippen molar-refractivity contribution in [1.82, 2.24) is 9.44 Å². The minimum absolute atomic E-state index is 0. The monoisotopic (exact) mass is 833 g/mol. The molecule has 9 heteroatoms. The Morgan fingerprint density at radius 1 is 0.368 bits per heavy atom. The molecule has 0 spiro atoms. The molecule has 0 saturated heterocycles. The van der Waals surface area contributed by atoms with Gasteiger partial charge in [-0.1, -0.05) is 145 Å². The normalized spacial score (nSPS) is 12.1. The Hall–Kier alpha value is -5.38. The van der Waals surface area contributed by atoms with Crippen molar-refractivity contribution >= 4 is 84.7 Å². The summed E-state index contributed by atoms with van der Waals surface area (Å²) in [6.07, 6.45) is 0. The van der Waals surface area contributed by atoms with Crippen LogP contribution in [-0.4, -0.2) is 16.8 Å². The van der Waals surface area contributed by atoms with Gasteiger partial charge in [-0.05, 0) is 114 Å². The van der Waals surface area contributed by atoms with E-state index in [0.29, 0.717) is 0 Å². The third kappa shape index (κ3) is 7.23. The minimum atomic E-state index is -3.55. The Morgan fingerprint density at radius 3 is 1.02 bits per heavy atom. The molecule has 0 amide bonds. The first-order valence-corrected chi connectivity index (χ1v) is 21.5. The van der Waals surface area contributed by atoms with Crippen molar-refractivity contribution < 1.29 is 33.9 Å². The van der Waals surface area contributed by atoms with Gasteiger partial charge in [-0.15, -0.1) is 0 Å². The molecule has 0 fully saturated rings. The number of rotatable bonds is 8. The number of sulfonamides is 2. The van der Waals surface area contributed by atoms with Crippen LogP contribution < -0.4 is 9.44 Å². The van der Waals surface area contributed by atoms with E-state index in [-0.39, 0.29) is 39.9 Å². The van der Waals surface area contributed by atoms with Gasteiger partial charge in [-0.3, -0.25) is 0 Å². The van der Waals surface area contributed by atoms with Crippen LogP contribution in [0.4, 0.5) is 0 Å². The number of benzene rings is 10. The van der Waals surface area contributed by atoms with Crippen LogP contribution in [-0.2, 0) is 50.2 Å². The topological polar surface area (TPSA) is 92.3 Å². The molecule has 10 aromatic carbocycles. The summed E-state index contributed by atoms with van der Waals surface area (Å²) in [6.45, 7) is 4.39. The van der Waals surface area contributed by atoms with Gasteiger partial charge in [0.1, 0.15) is 0 Å². The summed E-state index contributed by atoms with van der Waals surface area (Å²) in [5, 5.41) is 14.2. The molecule has 0 bridgehead atoms. The van der Waals surface area contributed by atoms with E-state index in [1.54, 1.807) is 24.3 Å². The molecule has 6 nitrogen and oxygen atoms in total. The van der Waals surface area contributed by atoms with Gasteiger partial charge in [0, 0.05) is 13.1 Å². The van der Waals surface area contributed by atoms with Gasteiger partial charge in [-0.2, -0.15) is 0 Å². The second-order valence-electron chi connectivity index (χ2n) is 14.4. The molecule has 0 aliphatic carbocycles. The molecule has 10 aromatic rings. The van der Waals surface area contributed by atoms with E-state index in [2.05, 4.69) is 107 Å². The van der Waals surface area contributed by atoms with Crippen molar-refractivity contribution in [2.24, 2.45) is 0 Å². The minimum Gasteiger partial charge on any atom is -0.207 e. The van der Waals surface area contributed by atoms with Gasteiger partial charge >= 0.3 is 17.1 Å². The number of hydrogen-bond acceptors (Lipinski definition) is 4.